The summed E-state index contributed by atoms with van der Waals surface area (Å²) < 4.78 is 28.4. The molecule has 0 radical (unpaired) electrons. The highest BCUT2D eigenvalue weighted by atomic mass is 32.2. The molecular weight excluding hydrogens is 502 g/mol. The first-order valence-electron chi connectivity index (χ1n) is 11.3. The lowest BCUT2D eigenvalue weighted by atomic mass is 10.2. The van der Waals surface area contributed by atoms with Gasteiger partial charge >= 0.3 is 5.97 Å². The maximum absolute atomic E-state index is 12.1. The van der Waals surface area contributed by atoms with Gasteiger partial charge in [-0.1, -0.05) is 23.5 Å². The highest BCUT2D eigenvalue weighted by Gasteiger charge is 2.17. The first-order valence-corrected chi connectivity index (χ1v) is 14.0. The third-order valence-electron chi connectivity index (χ3n) is 4.95. The van der Waals surface area contributed by atoms with Gasteiger partial charge in [0.1, 0.15) is 4.88 Å². The van der Waals surface area contributed by atoms with E-state index in [1.54, 1.807) is 44.3 Å². The molecule has 0 aliphatic heterocycles. The van der Waals surface area contributed by atoms with Crippen LogP contribution in [0.1, 0.15) is 27.9 Å². The molecule has 0 saturated carbocycles. The third-order valence-corrected chi connectivity index (χ3v) is 7.13. The number of aromatic nitrogens is 3. The van der Waals surface area contributed by atoms with Crippen LogP contribution in [-0.2, 0) is 21.1 Å². The molecule has 2 heterocycles. The zero-order chi connectivity index (χ0) is 26.3. The number of hydrogen-bond acceptors (Lipinski definition) is 12. The van der Waals surface area contributed by atoms with Crippen molar-refractivity contribution < 1.29 is 17.9 Å². The first kappa shape index (κ1) is 27.3. The summed E-state index contributed by atoms with van der Waals surface area (Å²) in [6.45, 7) is 5.71. The molecule has 3 N–H and O–H groups in total. The van der Waals surface area contributed by atoms with Crippen molar-refractivity contribution in [3.8, 4) is 0 Å². The second-order valence-electron chi connectivity index (χ2n) is 8.23. The van der Waals surface area contributed by atoms with Gasteiger partial charge in [-0.2, -0.15) is 4.98 Å². The Balaban J connectivity index is 1.76. The maximum Gasteiger partial charge on any atom is 0.350 e. The number of sulfone groups is 1. The van der Waals surface area contributed by atoms with Gasteiger partial charge in [0.05, 0.1) is 29.1 Å². The molecule has 0 bridgehead atoms. The molecule has 0 saturated heterocycles. The van der Waals surface area contributed by atoms with E-state index in [0.29, 0.717) is 52.9 Å². The Morgan fingerprint density at radius 2 is 1.86 bits per heavy atom. The molecule has 0 spiro atoms. The van der Waals surface area contributed by atoms with E-state index in [0.717, 1.165) is 12.1 Å². The summed E-state index contributed by atoms with van der Waals surface area (Å²) >= 11 is 1.18. The number of carbonyl (C=O) groups is 1. The summed E-state index contributed by atoms with van der Waals surface area (Å²) in [6, 6.07) is 6.72. The van der Waals surface area contributed by atoms with E-state index < -0.39 is 15.8 Å². The molecule has 36 heavy (non-hydrogen) atoms. The number of anilines is 4. The van der Waals surface area contributed by atoms with Crippen LogP contribution in [0.3, 0.4) is 0 Å². The van der Waals surface area contributed by atoms with E-state index in [2.05, 4.69) is 35.8 Å². The number of benzene rings is 1. The number of hydrogen-bond donors (Lipinski definition) is 3. The number of aryl methyl sites for hydroxylation is 1. The average Bonchev–Trinajstić information content (AvgIpc) is 3.18. The van der Waals surface area contributed by atoms with Gasteiger partial charge in [-0.05, 0) is 45.6 Å². The van der Waals surface area contributed by atoms with Crippen LogP contribution in [0.25, 0.3) is 0 Å². The molecule has 1 aromatic carbocycles. The van der Waals surface area contributed by atoms with Crippen LogP contribution in [0.5, 0.6) is 0 Å². The first-order chi connectivity index (χ1) is 17.1. The van der Waals surface area contributed by atoms with E-state index in [1.807, 2.05) is 14.1 Å². The normalized spacial score (nSPS) is 11.4. The molecule has 13 heteroatoms. The van der Waals surface area contributed by atoms with Crippen LogP contribution >= 0.6 is 11.3 Å². The zero-order valence-corrected chi connectivity index (χ0v) is 22.6. The van der Waals surface area contributed by atoms with Gasteiger partial charge in [0.15, 0.2) is 20.8 Å². The smallest absolute Gasteiger partial charge is 0.350 e. The lowest BCUT2D eigenvalue weighted by Gasteiger charge is -2.16. The van der Waals surface area contributed by atoms with Crippen LogP contribution < -0.4 is 16.0 Å². The summed E-state index contributed by atoms with van der Waals surface area (Å²) in [5.41, 5.74) is 2.17. The molecule has 2 aromatic heterocycles. The van der Waals surface area contributed by atoms with Crippen molar-refractivity contribution in [2.45, 2.75) is 25.3 Å². The summed E-state index contributed by atoms with van der Waals surface area (Å²) in [5, 5.41) is 10.2. The van der Waals surface area contributed by atoms with Gasteiger partial charge in [-0.3, -0.25) is 5.32 Å². The number of carbonyl (C=O) groups excluding carboxylic acids is 1. The molecule has 3 aromatic rings. The Labute approximate surface area is 215 Å². The molecule has 11 nitrogen and oxygen atoms in total. The van der Waals surface area contributed by atoms with Gasteiger partial charge < -0.3 is 20.3 Å². The number of rotatable bonds is 12. The minimum atomic E-state index is -3.24. The van der Waals surface area contributed by atoms with Crippen molar-refractivity contribution in [3.63, 3.8) is 0 Å². The van der Waals surface area contributed by atoms with Crippen LogP contribution in [0.15, 0.2) is 35.4 Å². The minimum Gasteiger partial charge on any atom is -0.462 e. The molecule has 0 unspecified atom stereocenters. The van der Waals surface area contributed by atoms with Gasteiger partial charge in [0, 0.05) is 25.9 Å². The van der Waals surface area contributed by atoms with Gasteiger partial charge in [0.2, 0.25) is 5.95 Å². The second kappa shape index (κ2) is 12.1. The molecular formula is C23H31N7O4S2. The summed E-state index contributed by atoms with van der Waals surface area (Å²) in [5.74, 6) is 0.521. The van der Waals surface area contributed by atoms with Gasteiger partial charge in [-0.15, -0.1) is 0 Å². The van der Waals surface area contributed by atoms with Crippen molar-refractivity contribution in [2.75, 3.05) is 56.0 Å². The molecule has 0 fully saturated rings. The van der Waals surface area contributed by atoms with Crippen LogP contribution in [-0.4, -0.2) is 74.3 Å². The molecule has 0 amide bonds. The second-order valence-corrected chi connectivity index (χ2v) is 11.2. The van der Waals surface area contributed by atoms with E-state index in [4.69, 9.17) is 4.74 Å². The molecule has 3 rings (SSSR count). The minimum absolute atomic E-state index is 0.277. The predicted molar refractivity (Wildman–Crippen MR) is 142 cm³/mol. The molecule has 0 atom stereocenters. The lowest BCUT2D eigenvalue weighted by Crippen LogP contribution is -2.22. The predicted octanol–water partition coefficient (Wildman–Crippen LogP) is 3.15. The van der Waals surface area contributed by atoms with E-state index in [9.17, 15) is 13.2 Å². The quantitative estimate of drug-likeness (QED) is 0.296. The number of esters is 1. The highest BCUT2D eigenvalue weighted by Crippen LogP contribution is 2.27. The fourth-order valence-electron chi connectivity index (χ4n) is 3.09. The fraction of sp³-hybridized carbons (Fsp3) is 0.391. The largest absolute Gasteiger partial charge is 0.462 e. The molecule has 0 aliphatic rings. The summed E-state index contributed by atoms with van der Waals surface area (Å²) in [4.78, 5) is 28.2. The van der Waals surface area contributed by atoms with Crippen LogP contribution in [0.4, 0.5) is 22.6 Å². The number of likely N-dealkylation sites (N-methyl/N-ethyl adjacent to an activating group) is 1. The topological polar surface area (TPSA) is 138 Å². The fourth-order valence-corrected chi connectivity index (χ4v) is 4.57. The number of ether oxygens (including phenoxy) is 1. The third kappa shape index (κ3) is 7.60. The number of nitrogens with zero attached hydrogens (tertiary/aromatic N) is 4. The van der Waals surface area contributed by atoms with Crippen molar-refractivity contribution in [1.29, 1.82) is 0 Å². The van der Waals surface area contributed by atoms with Crippen LogP contribution in [0, 0.1) is 6.92 Å². The molecule has 194 valence electrons. The Bertz CT molecular complexity index is 1290. The number of nitrogens with one attached hydrogen (secondary N) is 3. The van der Waals surface area contributed by atoms with Gasteiger partial charge in [0.25, 0.3) is 0 Å². The zero-order valence-electron chi connectivity index (χ0n) is 21.0. The average molecular weight is 534 g/mol. The van der Waals surface area contributed by atoms with E-state index in [-0.39, 0.29) is 4.90 Å². The van der Waals surface area contributed by atoms with Crippen LogP contribution in [0.2, 0.25) is 0 Å². The van der Waals surface area contributed by atoms with Crippen molar-refractivity contribution in [2.24, 2.45) is 0 Å². The Morgan fingerprint density at radius 3 is 2.50 bits per heavy atom. The number of thiazole rings is 1. The highest BCUT2D eigenvalue weighted by molar-refractivity contribution is 7.90. The van der Waals surface area contributed by atoms with Crippen molar-refractivity contribution in [3.05, 3.63) is 46.6 Å². The lowest BCUT2D eigenvalue weighted by molar-refractivity contribution is 0.0531. The Hall–Kier alpha value is -3.29. The Morgan fingerprint density at radius 1 is 1.14 bits per heavy atom. The van der Waals surface area contributed by atoms with E-state index >= 15 is 0 Å². The Kier molecular flexibility index (Phi) is 9.18. The monoisotopic (exact) mass is 533 g/mol. The standard InChI is InChI=1S/C23H31N7O4S2/c1-6-34-21(31)19-15(2)27-23(35-19)29-22-26-14-18(20(28-22)24-11-12-30(3)4)25-13-16-7-9-17(10-8-16)36(5,32)33/h7-10,14,25H,6,11-13H2,1-5H3,(H2,24,26,27,28,29). The van der Waals surface area contributed by atoms with Crippen molar-refractivity contribution >= 4 is 49.7 Å². The van der Waals surface area contributed by atoms with Gasteiger partial charge in [-0.25, -0.2) is 23.2 Å². The van der Waals surface area contributed by atoms with Crippen molar-refractivity contribution in [1.82, 2.24) is 19.9 Å². The van der Waals surface area contributed by atoms with E-state index in [1.165, 1.54) is 17.6 Å². The summed E-state index contributed by atoms with van der Waals surface area (Å²) in [6.07, 6.45) is 2.84. The SMILES string of the molecule is CCOC(=O)c1sc(Nc2ncc(NCc3ccc(S(C)(=O)=O)cc3)c(NCCN(C)C)n2)nc1C. The summed E-state index contributed by atoms with van der Waals surface area (Å²) in [7, 11) is 0.730. The maximum atomic E-state index is 12.1. The molecule has 0 aliphatic carbocycles.